The summed E-state index contributed by atoms with van der Waals surface area (Å²) in [5.41, 5.74) is 1.09. The predicted molar refractivity (Wildman–Crippen MR) is 58.9 cm³/mol. The van der Waals surface area contributed by atoms with Gasteiger partial charge in [-0.25, -0.2) is 6.08 Å². The number of methoxy groups -OCH3 is 1. The zero-order valence-corrected chi connectivity index (χ0v) is 13.4. The van der Waals surface area contributed by atoms with Crippen LogP contribution in [0.2, 0.25) is 0 Å². The molecule has 2 aliphatic rings. The molecule has 0 aromatic heterocycles. The average Bonchev–Trinajstić information content (AvgIpc) is 2.74. The molecule has 2 nitrogen and oxygen atoms in total. The fraction of sp³-hybridized carbons (Fsp3) is 0.385. The van der Waals surface area contributed by atoms with Crippen LogP contribution in [0.4, 0.5) is 0 Å². The molecule has 0 fully saturated rings. The summed E-state index contributed by atoms with van der Waals surface area (Å²) < 4.78 is 11.4. The maximum absolute atomic E-state index is 5.88. The molecular formula is C13H15Cl2O2Ti. The van der Waals surface area contributed by atoms with Gasteiger partial charge in [-0.1, -0.05) is 18.2 Å². The van der Waals surface area contributed by atoms with Crippen molar-refractivity contribution in [1.29, 1.82) is 0 Å². The van der Waals surface area contributed by atoms with Gasteiger partial charge in [-0.2, -0.15) is 12.2 Å². The van der Waals surface area contributed by atoms with Crippen LogP contribution in [-0.2, 0) is 31.2 Å². The van der Waals surface area contributed by atoms with Crippen LogP contribution < -0.4 is 24.8 Å². The first-order chi connectivity index (χ1) is 7.27. The Morgan fingerprint density at radius 2 is 2.00 bits per heavy atom. The molecule has 97 valence electrons. The summed E-state index contributed by atoms with van der Waals surface area (Å²) in [5.74, 6) is 0.145. The molecule has 1 unspecified atom stereocenters. The fourth-order valence-electron chi connectivity index (χ4n) is 1.76. The summed E-state index contributed by atoms with van der Waals surface area (Å²) in [5, 5.41) is 0. The molecule has 1 atom stereocenters. The van der Waals surface area contributed by atoms with E-state index in [0.717, 1.165) is 24.2 Å². The van der Waals surface area contributed by atoms with Crippen LogP contribution in [0.15, 0.2) is 41.7 Å². The molecule has 0 aromatic carbocycles. The van der Waals surface area contributed by atoms with Gasteiger partial charge in [0.25, 0.3) is 0 Å². The first-order valence-corrected chi connectivity index (χ1v) is 5.12. The van der Waals surface area contributed by atoms with E-state index < -0.39 is 5.79 Å². The number of rotatable bonds is 3. The number of allylic oxidation sites excluding steroid dienone is 5. The van der Waals surface area contributed by atoms with Gasteiger partial charge in [0.1, 0.15) is 0 Å². The molecule has 1 radical (unpaired) electrons. The van der Waals surface area contributed by atoms with Crippen LogP contribution in [0.3, 0.4) is 0 Å². The molecule has 0 bridgehead atoms. The number of hydrogen-bond donors (Lipinski definition) is 0. The van der Waals surface area contributed by atoms with Gasteiger partial charge in [0.05, 0.1) is 0 Å². The van der Waals surface area contributed by atoms with Crippen molar-refractivity contribution < 1.29 is 56.0 Å². The Kier molecular flexibility index (Phi) is 10.2. The van der Waals surface area contributed by atoms with Crippen molar-refractivity contribution in [1.82, 2.24) is 0 Å². The van der Waals surface area contributed by atoms with E-state index in [4.69, 9.17) is 9.47 Å². The Hall–Kier alpha value is 0.0143. The third-order valence-corrected chi connectivity index (χ3v) is 2.74. The molecule has 0 aromatic rings. The van der Waals surface area contributed by atoms with Gasteiger partial charge in [0.15, 0.2) is 0 Å². The molecule has 0 saturated carbocycles. The van der Waals surface area contributed by atoms with Crippen LogP contribution >= 0.6 is 0 Å². The van der Waals surface area contributed by atoms with E-state index in [9.17, 15) is 0 Å². The molecule has 2 rings (SSSR count). The van der Waals surface area contributed by atoms with Crippen molar-refractivity contribution in [3.05, 3.63) is 47.8 Å². The molecule has 0 spiro atoms. The van der Waals surface area contributed by atoms with E-state index in [-0.39, 0.29) is 46.5 Å². The average molecular weight is 322 g/mol. The molecule has 0 heterocycles. The van der Waals surface area contributed by atoms with Crippen molar-refractivity contribution in [2.24, 2.45) is 0 Å². The van der Waals surface area contributed by atoms with Crippen LogP contribution in [-0.4, -0.2) is 12.9 Å². The van der Waals surface area contributed by atoms with Crippen LogP contribution in [0.25, 0.3) is 0 Å². The van der Waals surface area contributed by atoms with Crippen molar-refractivity contribution in [2.45, 2.75) is 25.6 Å². The Labute approximate surface area is 136 Å². The molecule has 5 heteroatoms. The van der Waals surface area contributed by atoms with E-state index in [1.54, 1.807) is 7.11 Å². The van der Waals surface area contributed by atoms with E-state index in [1.807, 2.05) is 31.2 Å². The topological polar surface area (TPSA) is 18.5 Å². The molecule has 2 aliphatic carbocycles. The molecular weight excluding hydrogens is 307 g/mol. The zero-order chi connectivity index (χ0) is 10.7. The van der Waals surface area contributed by atoms with Crippen molar-refractivity contribution in [2.75, 3.05) is 7.11 Å². The van der Waals surface area contributed by atoms with Gasteiger partial charge in [0.2, 0.25) is 5.79 Å². The molecule has 0 N–H and O–H groups in total. The smallest absolute Gasteiger partial charge is 1.00 e. The zero-order valence-electron chi connectivity index (χ0n) is 10.4. The summed E-state index contributed by atoms with van der Waals surface area (Å²) in [6.45, 7) is 2.02. The van der Waals surface area contributed by atoms with Crippen molar-refractivity contribution >= 4 is 0 Å². The predicted octanol–water partition coefficient (Wildman–Crippen LogP) is -3.10. The van der Waals surface area contributed by atoms with E-state index in [1.165, 1.54) is 0 Å². The third-order valence-electron chi connectivity index (χ3n) is 2.74. The fourth-order valence-corrected chi connectivity index (χ4v) is 1.76. The van der Waals surface area contributed by atoms with Crippen LogP contribution in [0.1, 0.15) is 19.8 Å². The Morgan fingerprint density at radius 1 is 1.28 bits per heavy atom. The molecule has 0 saturated heterocycles. The van der Waals surface area contributed by atoms with Crippen LogP contribution in [0.5, 0.6) is 0 Å². The summed E-state index contributed by atoms with van der Waals surface area (Å²) >= 11 is 0. The van der Waals surface area contributed by atoms with E-state index in [2.05, 4.69) is 12.2 Å². The third kappa shape index (κ3) is 4.29. The Balaban J connectivity index is 0. The minimum atomic E-state index is -0.633. The van der Waals surface area contributed by atoms with Gasteiger partial charge < -0.3 is 34.3 Å². The molecule has 0 amide bonds. The molecule has 18 heavy (non-hydrogen) atoms. The number of hydrogen-bond acceptors (Lipinski definition) is 2. The van der Waals surface area contributed by atoms with Gasteiger partial charge in [-0.15, -0.1) is 6.42 Å². The second-order valence-electron chi connectivity index (χ2n) is 3.69. The van der Waals surface area contributed by atoms with Gasteiger partial charge in [0, 0.05) is 13.5 Å². The van der Waals surface area contributed by atoms with Crippen molar-refractivity contribution in [3.8, 4) is 0 Å². The van der Waals surface area contributed by atoms with Gasteiger partial charge in [-0.05, 0) is 18.3 Å². The summed E-state index contributed by atoms with van der Waals surface area (Å²) in [4.78, 5) is 0. The maximum atomic E-state index is 5.88. The maximum Gasteiger partial charge on any atom is 3.00 e. The SMILES string of the molecule is COC1(OC2=[C-]CC=C2)CC=CC=C1C.[Cl-].[Cl-].[Ti+3]. The summed E-state index contributed by atoms with van der Waals surface area (Å²) in [6.07, 6.45) is 14.8. The normalized spacial score (nSPS) is 24.1. The summed E-state index contributed by atoms with van der Waals surface area (Å²) in [6, 6.07) is 0. The van der Waals surface area contributed by atoms with Gasteiger partial charge >= 0.3 is 21.7 Å². The largest absolute Gasteiger partial charge is 3.00 e. The quantitative estimate of drug-likeness (QED) is 0.312. The second-order valence-corrected chi connectivity index (χ2v) is 3.69. The van der Waals surface area contributed by atoms with Crippen LogP contribution in [0, 0.1) is 6.08 Å². The molecule has 0 aliphatic heterocycles. The number of halogens is 2. The first kappa shape index (κ1) is 20.3. The number of ether oxygens (including phenoxy) is 2. The standard InChI is InChI=1S/C13H15O2.2ClH.Ti/c1-11-7-5-6-10-13(11,14-2)15-12-8-3-4-9-12;;;/h3,5-8H,4,10H2,1-2H3;2*1H;/q-1;;;+3/p-2. The Bertz CT molecular complexity index is 375. The monoisotopic (exact) mass is 321 g/mol. The second kappa shape index (κ2) is 9.00. The van der Waals surface area contributed by atoms with Gasteiger partial charge in [-0.3, -0.25) is 0 Å². The van der Waals surface area contributed by atoms with E-state index in [0.29, 0.717) is 0 Å². The summed E-state index contributed by atoms with van der Waals surface area (Å²) in [7, 11) is 1.68. The van der Waals surface area contributed by atoms with E-state index >= 15 is 0 Å². The minimum Gasteiger partial charge on any atom is -1.00 e. The van der Waals surface area contributed by atoms with Crippen molar-refractivity contribution in [3.63, 3.8) is 0 Å². The minimum absolute atomic E-state index is 0. The Morgan fingerprint density at radius 3 is 2.50 bits per heavy atom. The first-order valence-electron chi connectivity index (χ1n) is 5.12.